The number of aromatic nitrogens is 2. The largest absolute Gasteiger partial charge is 0.451 e. The number of halogens is 4. The summed E-state index contributed by atoms with van der Waals surface area (Å²) in [5.41, 5.74) is 0.108. The van der Waals surface area contributed by atoms with Crippen LogP contribution < -0.4 is 4.90 Å². The summed E-state index contributed by atoms with van der Waals surface area (Å²) in [5.74, 6) is -1.16. The molecule has 1 aliphatic heterocycles. The van der Waals surface area contributed by atoms with E-state index in [1.807, 2.05) is 6.92 Å². The summed E-state index contributed by atoms with van der Waals surface area (Å²) in [4.78, 5) is 9.03. The lowest BCUT2D eigenvalue weighted by Gasteiger charge is -2.32. The Kier molecular flexibility index (Phi) is 3.66. The Bertz CT molecular complexity index is 699. The number of fused-ring (bicyclic) bond motifs is 1. The molecule has 0 aliphatic carbocycles. The molecule has 3 nitrogen and oxygen atoms in total. The van der Waals surface area contributed by atoms with Crippen molar-refractivity contribution in [2.45, 2.75) is 25.9 Å². The fraction of sp³-hybridized carbons (Fsp3) is 0.467. The van der Waals surface area contributed by atoms with E-state index < -0.39 is 17.8 Å². The summed E-state index contributed by atoms with van der Waals surface area (Å²) < 4.78 is 52.5. The van der Waals surface area contributed by atoms with Gasteiger partial charge in [-0.05, 0) is 37.0 Å². The molecule has 1 fully saturated rings. The highest BCUT2D eigenvalue weighted by atomic mass is 19.4. The highest BCUT2D eigenvalue weighted by molar-refractivity contribution is 5.89. The number of benzene rings is 1. The van der Waals surface area contributed by atoms with Crippen LogP contribution in [0.2, 0.25) is 0 Å². The molecule has 1 aromatic carbocycles. The summed E-state index contributed by atoms with van der Waals surface area (Å²) in [5, 5.41) is 0.321. The predicted molar refractivity (Wildman–Crippen MR) is 75.1 cm³/mol. The maximum absolute atomic E-state index is 13.5. The first kappa shape index (κ1) is 15.0. The van der Waals surface area contributed by atoms with Crippen molar-refractivity contribution in [2.24, 2.45) is 5.92 Å². The van der Waals surface area contributed by atoms with Crippen LogP contribution in [0.3, 0.4) is 0 Å². The highest BCUT2D eigenvalue weighted by Crippen LogP contribution is 2.33. The Labute approximate surface area is 125 Å². The molecule has 1 atom stereocenters. The van der Waals surface area contributed by atoms with Crippen LogP contribution in [0.1, 0.15) is 25.6 Å². The van der Waals surface area contributed by atoms with Gasteiger partial charge in [-0.2, -0.15) is 13.2 Å². The second kappa shape index (κ2) is 5.37. The first-order valence-corrected chi connectivity index (χ1v) is 7.14. The fourth-order valence-electron chi connectivity index (χ4n) is 2.83. The number of alkyl halides is 3. The number of nitrogens with zero attached hydrogens (tertiary/aromatic N) is 3. The van der Waals surface area contributed by atoms with Gasteiger partial charge in [0.1, 0.15) is 11.6 Å². The molecule has 7 heteroatoms. The standard InChI is InChI=1S/C15H15F4N3/c1-9-3-2-6-22(8-9)13-11-7-10(16)4-5-12(11)20-14(21-13)15(17,18)19/h4-5,7,9H,2-3,6,8H2,1H3. The SMILES string of the molecule is CC1CCCN(c2nc(C(F)(F)F)nc3ccc(F)cc23)C1. The van der Waals surface area contributed by atoms with Crippen LogP contribution in [0, 0.1) is 11.7 Å². The number of hydrogen-bond donors (Lipinski definition) is 0. The molecule has 0 saturated carbocycles. The quantitative estimate of drug-likeness (QED) is 0.745. The minimum absolute atomic E-state index is 0.108. The zero-order valence-corrected chi connectivity index (χ0v) is 12.0. The molecule has 3 rings (SSSR count). The van der Waals surface area contributed by atoms with Crippen LogP contribution in [0.15, 0.2) is 18.2 Å². The van der Waals surface area contributed by atoms with Crippen LogP contribution >= 0.6 is 0 Å². The third kappa shape index (κ3) is 2.84. The van der Waals surface area contributed by atoms with E-state index in [9.17, 15) is 17.6 Å². The van der Waals surface area contributed by atoms with Crippen LogP contribution in [0.25, 0.3) is 10.9 Å². The van der Waals surface area contributed by atoms with Crippen LogP contribution in [-0.2, 0) is 6.18 Å². The van der Waals surface area contributed by atoms with Crippen molar-refractivity contribution in [3.63, 3.8) is 0 Å². The number of rotatable bonds is 1. The Balaban J connectivity index is 2.18. The third-order valence-corrected chi connectivity index (χ3v) is 3.85. The molecule has 1 unspecified atom stereocenters. The van der Waals surface area contributed by atoms with Crippen molar-refractivity contribution in [3.05, 3.63) is 29.8 Å². The summed E-state index contributed by atoms with van der Waals surface area (Å²) >= 11 is 0. The topological polar surface area (TPSA) is 29.0 Å². The van der Waals surface area contributed by atoms with Gasteiger partial charge in [-0.3, -0.25) is 0 Å². The van der Waals surface area contributed by atoms with Gasteiger partial charge in [-0.15, -0.1) is 0 Å². The van der Waals surface area contributed by atoms with Crippen molar-refractivity contribution in [1.29, 1.82) is 0 Å². The van der Waals surface area contributed by atoms with Gasteiger partial charge in [0.2, 0.25) is 5.82 Å². The molecule has 0 radical (unpaired) electrons. The van der Waals surface area contributed by atoms with Crippen LogP contribution in [0.5, 0.6) is 0 Å². The molecule has 1 aliphatic rings. The van der Waals surface area contributed by atoms with E-state index in [0.29, 0.717) is 24.4 Å². The molecule has 22 heavy (non-hydrogen) atoms. The Hall–Kier alpha value is -1.92. The minimum Gasteiger partial charge on any atom is -0.356 e. The Morgan fingerprint density at radius 1 is 1.23 bits per heavy atom. The normalized spacial score (nSPS) is 19.7. The van der Waals surface area contributed by atoms with Gasteiger partial charge in [0.15, 0.2) is 0 Å². The van der Waals surface area contributed by atoms with E-state index in [1.54, 1.807) is 4.90 Å². The fourth-order valence-corrected chi connectivity index (χ4v) is 2.83. The average molecular weight is 313 g/mol. The maximum atomic E-state index is 13.5. The van der Waals surface area contributed by atoms with E-state index in [0.717, 1.165) is 18.9 Å². The van der Waals surface area contributed by atoms with Gasteiger partial charge in [-0.1, -0.05) is 6.92 Å². The molecule has 0 amide bonds. The molecule has 0 bridgehead atoms. The van der Waals surface area contributed by atoms with Gasteiger partial charge < -0.3 is 4.90 Å². The first-order chi connectivity index (χ1) is 10.3. The molecular formula is C15H15F4N3. The van der Waals surface area contributed by atoms with Crippen molar-refractivity contribution in [2.75, 3.05) is 18.0 Å². The second-order valence-electron chi connectivity index (χ2n) is 5.72. The summed E-state index contributed by atoms with van der Waals surface area (Å²) in [6.45, 7) is 3.27. The average Bonchev–Trinajstić information content (AvgIpc) is 2.45. The third-order valence-electron chi connectivity index (χ3n) is 3.85. The van der Waals surface area contributed by atoms with Gasteiger partial charge in [0, 0.05) is 18.5 Å². The van der Waals surface area contributed by atoms with Crippen LogP contribution in [0.4, 0.5) is 23.4 Å². The molecule has 0 spiro atoms. The molecule has 2 heterocycles. The van der Waals surface area contributed by atoms with Gasteiger partial charge in [-0.25, -0.2) is 14.4 Å². The smallest absolute Gasteiger partial charge is 0.356 e. The predicted octanol–water partition coefficient (Wildman–Crippen LogP) is 4.02. The Morgan fingerprint density at radius 2 is 2.00 bits per heavy atom. The van der Waals surface area contributed by atoms with Gasteiger partial charge in [0.25, 0.3) is 0 Å². The lowest BCUT2D eigenvalue weighted by molar-refractivity contribution is -0.144. The van der Waals surface area contributed by atoms with Crippen molar-refractivity contribution < 1.29 is 17.6 Å². The number of anilines is 1. The lowest BCUT2D eigenvalue weighted by Crippen LogP contribution is -2.35. The van der Waals surface area contributed by atoms with E-state index in [4.69, 9.17) is 0 Å². The highest BCUT2D eigenvalue weighted by Gasteiger charge is 2.36. The van der Waals surface area contributed by atoms with Gasteiger partial charge >= 0.3 is 6.18 Å². The summed E-state index contributed by atoms with van der Waals surface area (Å²) in [6.07, 6.45) is -2.72. The van der Waals surface area contributed by atoms with Crippen LogP contribution in [-0.4, -0.2) is 23.1 Å². The number of hydrogen-bond acceptors (Lipinski definition) is 3. The molecule has 2 aromatic rings. The number of piperidine rings is 1. The van der Waals surface area contributed by atoms with Crippen molar-refractivity contribution in [3.8, 4) is 0 Å². The monoisotopic (exact) mass is 313 g/mol. The molecule has 0 N–H and O–H groups in total. The minimum atomic E-state index is -4.63. The van der Waals surface area contributed by atoms with E-state index >= 15 is 0 Å². The maximum Gasteiger partial charge on any atom is 0.451 e. The van der Waals surface area contributed by atoms with Crippen molar-refractivity contribution in [1.82, 2.24) is 9.97 Å². The summed E-state index contributed by atoms with van der Waals surface area (Å²) in [6, 6.07) is 3.57. The Morgan fingerprint density at radius 3 is 2.68 bits per heavy atom. The molecule has 118 valence electrons. The molecular weight excluding hydrogens is 298 g/mol. The van der Waals surface area contributed by atoms with E-state index in [2.05, 4.69) is 9.97 Å². The zero-order valence-electron chi connectivity index (χ0n) is 12.0. The summed E-state index contributed by atoms with van der Waals surface area (Å²) in [7, 11) is 0. The van der Waals surface area contributed by atoms with E-state index in [-0.39, 0.29) is 11.3 Å². The van der Waals surface area contributed by atoms with E-state index in [1.165, 1.54) is 12.1 Å². The molecule has 1 aromatic heterocycles. The molecule has 1 saturated heterocycles. The first-order valence-electron chi connectivity index (χ1n) is 7.14. The van der Waals surface area contributed by atoms with Crippen molar-refractivity contribution >= 4 is 16.7 Å². The second-order valence-corrected chi connectivity index (χ2v) is 5.72. The van der Waals surface area contributed by atoms with Gasteiger partial charge in [0.05, 0.1) is 5.52 Å². The lowest BCUT2D eigenvalue weighted by atomic mass is 10.00. The zero-order chi connectivity index (χ0) is 15.9.